The van der Waals surface area contributed by atoms with E-state index >= 15 is 0 Å². The molecule has 0 unspecified atom stereocenters. The first kappa shape index (κ1) is 15.1. The molecule has 0 aliphatic heterocycles. The Morgan fingerprint density at radius 3 is 2.72 bits per heavy atom. The molecule has 1 heterocycles. The number of hydrogen-bond acceptors (Lipinski definition) is 4. The number of thiazole rings is 1. The summed E-state index contributed by atoms with van der Waals surface area (Å²) in [7, 11) is 2.13. The first-order chi connectivity index (χ1) is 8.43. The fourth-order valence-corrected chi connectivity index (χ4v) is 2.44. The number of aryl methyl sites for hydroxylation is 1. The monoisotopic (exact) mass is 265 g/mol. The lowest BCUT2D eigenvalue weighted by Crippen LogP contribution is -2.19. The van der Waals surface area contributed by atoms with Crippen molar-refractivity contribution in [1.29, 1.82) is 5.26 Å². The van der Waals surface area contributed by atoms with Crippen molar-refractivity contribution in [2.75, 3.05) is 13.6 Å². The zero-order valence-corrected chi connectivity index (χ0v) is 12.7. The van der Waals surface area contributed by atoms with Gasteiger partial charge in [0.2, 0.25) is 0 Å². The largest absolute Gasteiger partial charge is 0.301 e. The Morgan fingerprint density at radius 2 is 2.17 bits per heavy atom. The van der Waals surface area contributed by atoms with Crippen LogP contribution in [0.3, 0.4) is 0 Å². The summed E-state index contributed by atoms with van der Waals surface area (Å²) in [6.07, 6.45) is 3.23. The van der Waals surface area contributed by atoms with Gasteiger partial charge in [0.15, 0.2) is 0 Å². The fraction of sp³-hybridized carbons (Fsp3) is 0.714. The van der Waals surface area contributed by atoms with E-state index in [1.165, 1.54) is 0 Å². The minimum absolute atomic E-state index is 0.176. The summed E-state index contributed by atoms with van der Waals surface area (Å²) in [6, 6.07) is 2.35. The summed E-state index contributed by atoms with van der Waals surface area (Å²) >= 11 is 1.71. The Bertz CT molecular complexity index is 403. The molecule has 0 aliphatic carbocycles. The van der Waals surface area contributed by atoms with Gasteiger partial charge in [-0.05, 0) is 47.2 Å². The number of nitrogens with zero attached hydrogens (tertiary/aromatic N) is 3. The number of aromatic nitrogens is 1. The second-order valence-electron chi connectivity index (χ2n) is 5.55. The Labute approximate surface area is 114 Å². The Hall–Kier alpha value is -0.920. The van der Waals surface area contributed by atoms with Crippen molar-refractivity contribution in [3.05, 3.63) is 16.1 Å². The number of hydrogen-bond donors (Lipinski definition) is 0. The normalized spacial score (nSPS) is 11.8. The van der Waals surface area contributed by atoms with Crippen LogP contribution in [0.4, 0.5) is 0 Å². The highest BCUT2D eigenvalue weighted by atomic mass is 32.1. The molecule has 0 saturated carbocycles. The molecular formula is C14H23N3S. The zero-order chi connectivity index (χ0) is 13.6. The molecule has 0 radical (unpaired) electrons. The van der Waals surface area contributed by atoms with E-state index in [1.807, 2.05) is 20.8 Å². The quantitative estimate of drug-likeness (QED) is 0.707. The molecule has 100 valence electrons. The average Bonchev–Trinajstić information content (AvgIpc) is 2.70. The van der Waals surface area contributed by atoms with Gasteiger partial charge in [-0.2, -0.15) is 5.26 Å². The molecular weight excluding hydrogens is 242 g/mol. The fourth-order valence-electron chi connectivity index (χ4n) is 1.84. The molecule has 0 fully saturated rings. The molecule has 3 nitrogen and oxygen atoms in total. The van der Waals surface area contributed by atoms with Crippen LogP contribution in [-0.2, 0) is 6.54 Å². The van der Waals surface area contributed by atoms with Crippen molar-refractivity contribution in [3.63, 3.8) is 0 Å². The van der Waals surface area contributed by atoms with Gasteiger partial charge in [-0.3, -0.25) is 0 Å². The Kier molecular flexibility index (Phi) is 5.77. The minimum atomic E-state index is -0.176. The minimum Gasteiger partial charge on any atom is -0.301 e. The average molecular weight is 265 g/mol. The van der Waals surface area contributed by atoms with Gasteiger partial charge >= 0.3 is 0 Å². The van der Waals surface area contributed by atoms with Gasteiger partial charge in [0.1, 0.15) is 0 Å². The first-order valence-electron chi connectivity index (χ1n) is 6.44. The van der Waals surface area contributed by atoms with Crippen molar-refractivity contribution in [3.8, 4) is 6.07 Å². The number of nitriles is 1. The summed E-state index contributed by atoms with van der Waals surface area (Å²) in [4.78, 5) is 6.76. The van der Waals surface area contributed by atoms with E-state index in [1.54, 1.807) is 11.3 Å². The van der Waals surface area contributed by atoms with Crippen molar-refractivity contribution in [2.45, 2.75) is 46.6 Å². The van der Waals surface area contributed by atoms with Gasteiger partial charge in [-0.1, -0.05) is 6.42 Å². The highest BCUT2D eigenvalue weighted by molar-refractivity contribution is 7.09. The van der Waals surface area contributed by atoms with Gasteiger partial charge in [-0.15, -0.1) is 11.3 Å². The van der Waals surface area contributed by atoms with Crippen molar-refractivity contribution < 1.29 is 0 Å². The van der Waals surface area contributed by atoms with Crippen LogP contribution in [0.2, 0.25) is 0 Å². The van der Waals surface area contributed by atoms with Crippen LogP contribution in [0.5, 0.6) is 0 Å². The molecule has 0 aromatic carbocycles. The molecule has 0 spiro atoms. The van der Waals surface area contributed by atoms with Crippen LogP contribution >= 0.6 is 11.3 Å². The maximum Gasteiger partial charge on any atom is 0.0897 e. The van der Waals surface area contributed by atoms with Crippen LogP contribution < -0.4 is 0 Å². The van der Waals surface area contributed by atoms with Crippen LogP contribution in [0.15, 0.2) is 5.38 Å². The molecule has 18 heavy (non-hydrogen) atoms. The first-order valence-corrected chi connectivity index (χ1v) is 7.32. The molecule has 1 aromatic heterocycles. The maximum atomic E-state index is 8.93. The predicted molar refractivity (Wildman–Crippen MR) is 76.4 cm³/mol. The van der Waals surface area contributed by atoms with Crippen LogP contribution in [0.25, 0.3) is 0 Å². The highest BCUT2D eigenvalue weighted by Crippen LogP contribution is 2.21. The number of unbranched alkanes of at least 4 members (excludes halogenated alkanes) is 1. The highest BCUT2D eigenvalue weighted by Gasteiger charge is 2.15. The lowest BCUT2D eigenvalue weighted by Gasteiger charge is -2.17. The smallest absolute Gasteiger partial charge is 0.0897 e. The Balaban J connectivity index is 2.18. The summed E-state index contributed by atoms with van der Waals surface area (Å²) in [5, 5.41) is 12.2. The molecule has 0 saturated heterocycles. The summed E-state index contributed by atoms with van der Waals surface area (Å²) in [6.45, 7) is 8.05. The Morgan fingerprint density at radius 1 is 1.44 bits per heavy atom. The van der Waals surface area contributed by atoms with Crippen LogP contribution in [0.1, 0.15) is 43.8 Å². The second-order valence-corrected chi connectivity index (χ2v) is 6.61. The lowest BCUT2D eigenvalue weighted by atomic mass is 9.89. The van der Waals surface area contributed by atoms with Gasteiger partial charge in [0, 0.05) is 11.9 Å². The number of rotatable bonds is 7. The molecule has 0 atom stereocenters. The van der Waals surface area contributed by atoms with Gasteiger partial charge in [0.25, 0.3) is 0 Å². The molecule has 0 aliphatic rings. The third-order valence-electron chi connectivity index (χ3n) is 2.99. The topological polar surface area (TPSA) is 39.9 Å². The molecule has 0 bridgehead atoms. The van der Waals surface area contributed by atoms with E-state index in [-0.39, 0.29) is 5.41 Å². The van der Waals surface area contributed by atoms with E-state index < -0.39 is 0 Å². The van der Waals surface area contributed by atoms with Gasteiger partial charge in [-0.25, -0.2) is 4.98 Å². The molecule has 1 aromatic rings. The predicted octanol–water partition coefficient (Wildman–Crippen LogP) is 3.60. The molecule has 4 heteroatoms. The van der Waals surface area contributed by atoms with Crippen LogP contribution in [-0.4, -0.2) is 23.5 Å². The SMILES string of the molecule is Cc1nc(CN(C)CCCCC(C)(C)C#N)cs1. The van der Waals surface area contributed by atoms with Crippen LogP contribution in [0, 0.1) is 23.7 Å². The third-order valence-corrected chi connectivity index (χ3v) is 3.82. The molecule has 0 N–H and O–H groups in total. The van der Waals surface area contributed by atoms with Crippen molar-refractivity contribution >= 4 is 11.3 Å². The summed E-state index contributed by atoms with van der Waals surface area (Å²) in [5.41, 5.74) is 0.988. The van der Waals surface area contributed by atoms with E-state index in [0.29, 0.717) is 0 Å². The third kappa shape index (κ3) is 5.61. The maximum absolute atomic E-state index is 8.93. The summed E-state index contributed by atoms with van der Waals surface area (Å²) in [5.74, 6) is 0. The van der Waals surface area contributed by atoms with E-state index in [9.17, 15) is 0 Å². The van der Waals surface area contributed by atoms with Crippen molar-refractivity contribution in [2.24, 2.45) is 5.41 Å². The summed E-state index contributed by atoms with van der Waals surface area (Å²) < 4.78 is 0. The second kappa shape index (κ2) is 6.86. The van der Waals surface area contributed by atoms with E-state index in [2.05, 4.69) is 28.4 Å². The molecule has 0 amide bonds. The van der Waals surface area contributed by atoms with E-state index in [4.69, 9.17) is 5.26 Å². The van der Waals surface area contributed by atoms with Gasteiger partial charge < -0.3 is 4.90 Å². The molecule has 1 rings (SSSR count). The van der Waals surface area contributed by atoms with Gasteiger partial charge in [0.05, 0.1) is 22.2 Å². The lowest BCUT2D eigenvalue weighted by molar-refractivity contribution is 0.304. The van der Waals surface area contributed by atoms with E-state index in [0.717, 1.165) is 43.1 Å². The zero-order valence-electron chi connectivity index (χ0n) is 11.9. The van der Waals surface area contributed by atoms with Crippen molar-refractivity contribution in [1.82, 2.24) is 9.88 Å². The standard InChI is InChI=1S/C14H23N3S/c1-12-16-13(10-18-12)9-17(4)8-6-5-7-14(2,3)11-15/h10H,5-9H2,1-4H3.